The van der Waals surface area contributed by atoms with Crippen molar-refractivity contribution in [3.63, 3.8) is 0 Å². The second kappa shape index (κ2) is 7.72. The summed E-state index contributed by atoms with van der Waals surface area (Å²) in [5.41, 5.74) is 3.51. The topological polar surface area (TPSA) is 12.0 Å². The molecule has 0 aliphatic rings. The van der Waals surface area contributed by atoms with Crippen LogP contribution in [-0.2, 0) is 6.42 Å². The van der Waals surface area contributed by atoms with Crippen molar-refractivity contribution in [3.8, 4) is 0 Å². The lowest BCUT2D eigenvalue weighted by Gasteiger charge is -2.17. The van der Waals surface area contributed by atoms with Crippen LogP contribution in [0.15, 0.2) is 42.5 Å². The van der Waals surface area contributed by atoms with Crippen molar-refractivity contribution in [1.29, 1.82) is 0 Å². The molecule has 0 radical (unpaired) electrons. The Hall–Kier alpha value is -1.18. The predicted molar refractivity (Wildman–Crippen MR) is 93.6 cm³/mol. The summed E-state index contributed by atoms with van der Waals surface area (Å²) in [7, 11) is 0. The number of benzene rings is 2. The van der Waals surface area contributed by atoms with E-state index < -0.39 is 0 Å². The van der Waals surface area contributed by atoms with Crippen molar-refractivity contribution in [2.24, 2.45) is 0 Å². The summed E-state index contributed by atoms with van der Waals surface area (Å²) in [5.74, 6) is 0. The third kappa shape index (κ3) is 4.39. The quantitative estimate of drug-likeness (QED) is 0.639. The Labute approximate surface area is 137 Å². The summed E-state index contributed by atoms with van der Waals surface area (Å²) >= 11 is 12.3. The van der Waals surface area contributed by atoms with E-state index in [9.17, 15) is 0 Å². The van der Waals surface area contributed by atoms with Gasteiger partial charge < -0.3 is 5.32 Å². The van der Waals surface area contributed by atoms with Gasteiger partial charge in [-0.1, -0.05) is 66.9 Å². The summed E-state index contributed by atoms with van der Waals surface area (Å²) < 4.78 is 0. The van der Waals surface area contributed by atoms with Crippen LogP contribution in [0.25, 0.3) is 0 Å². The maximum absolute atomic E-state index is 6.21. The monoisotopic (exact) mass is 321 g/mol. The second-order valence-electron chi connectivity index (χ2n) is 5.31. The predicted octanol–water partition coefficient (Wildman–Crippen LogP) is 6.51. The SMILES string of the molecule is CCCCc1ccc(C(C)Nc2cccc(Cl)c2Cl)cc1. The molecule has 0 fully saturated rings. The fraction of sp³-hybridized carbons (Fsp3) is 0.333. The molecule has 1 atom stereocenters. The largest absolute Gasteiger partial charge is 0.377 e. The van der Waals surface area contributed by atoms with E-state index in [-0.39, 0.29) is 6.04 Å². The van der Waals surface area contributed by atoms with Crippen LogP contribution in [0.3, 0.4) is 0 Å². The van der Waals surface area contributed by atoms with E-state index in [1.54, 1.807) is 6.07 Å². The van der Waals surface area contributed by atoms with Gasteiger partial charge in [-0.05, 0) is 43.0 Å². The van der Waals surface area contributed by atoms with Crippen LogP contribution in [0.5, 0.6) is 0 Å². The van der Waals surface area contributed by atoms with Crippen molar-refractivity contribution in [3.05, 3.63) is 63.6 Å². The molecule has 0 saturated carbocycles. The molecule has 0 heterocycles. The zero-order chi connectivity index (χ0) is 15.2. The van der Waals surface area contributed by atoms with Crippen molar-refractivity contribution < 1.29 is 0 Å². The maximum atomic E-state index is 6.21. The minimum absolute atomic E-state index is 0.182. The lowest BCUT2D eigenvalue weighted by molar-refractivity contribution is 0.793. The zero-order valence-electron chi connectivity index (χ0n) is 12.5. The lowest BCUT2D eigenvalue weighted by atomic mass is 10.0. The van der Waals surface area contributed by atoms with E-state index >= 15 is 0 Å². The molecule has 1 nitrogen and oxygen atoms in total. The molecular weight excluding hydrogens is 301 g/mol. The van der Waals surface area contributed by atoms with Gasteiger partial charge in [0, 0.05) is 6.04 Å². The number of aryl methyl sites for hydroxylation is 1. The Bertz CT molecular complexity index is 578. The highest BCUT2D eigenvalue weighted by Gasteiger charge is 2.09. The fourth-order valence-corrected chi connectivity index (χ4v) is 2.64. The van der Waals surface area contributed by atoms with E-state index in [4.69, 9.17) is 23.2 Å². The first kappa shape index (κ1) is 16.2. The molecule has 0 aliphatic carbocycles. The molecule has 0 amide bonds. The highest BCUT2D eigenvalue weighted by Crippen LogP contribution is 2.32. The second-order valence-corrected chi connectivity index (χ2v) is 6.10. The van der Waals surface area contributed by atoms with Crippen LogP contribution in [0.1, 0.15) is 43.9 Å². The number of rotatable bonds is 6. The van der Waals surface area contributed by atoms with Crippen molar-refractivity contribution in [2.45, 2.75) is 39.2 Å². The molecule has 2 rings (SSSR count). The van der Waals surface area contributed by atoms with Gasteiger partial charge in [-0.3, -0.25) is 0 Å². The van der Waals surface area contributed by atoms with Gasteiger partial charge >= 0.3 is 0 Å². The number of hydrogen-bond acceptors (Lipinski definition) is 1. The van der Waals surface area contributed by atoms with Gasteiger partial charge in [0.2, 0.25) is 0 Å². The summed E-state index contributed by atoms with van der Waals surface area (Å²) in [6.07, 6.45) is 3.62. The molecule has 0 spiro atoms. The van der Waals surface area contributed by atoms with Crippen LogP contribution < -0.4 is 5.32 Å². The molecule has 0 aromatic heterocycles. The molecule has 0 saturated heterocycles. The van der Waals surface area contributed by atoms with E-state index in [1.807, 2.05) is 12.1 Å². The number of anilines is 1. The normalized spacial score (nSPS) is 12.2. The minimum atomic E-state index is 0.182. The molecule has 112 valence electrons. The first-order valence-electron chi connectivity index (χ1n) is 7.41. The lowest BCUT2D eigenvalue weighted by Crippen LogP contribution is -2.07. The molecule has 3 heteroatoms. The first-order valence-corrected chi connectivity index (χ1v) is 8.16. The number of halogens is 2. The fourth-order valence-electron chi connectivity index (χ4n) is 2.29. The van der Waals surface area contributed by atoms with Crippen LogP contribution in [0.2, 0.25) is 10.0 Å². The van der Waals surface area contributed by atoms with Crippen molar-refractivity contribution in [2.75, 3.05) is 5.32 Å². The van der Waals surface area contributed by atoms with Crippen LogP contribution in [0.4, 0.5) is 5.69 Å². The Morgan fingerprint density at radius 1 is 1.05 bits per heavy atom. The first-order chi connectivity index (χ1) is 10.1. The number of hydrogen-bond donors (Lipinski definition) is 1. The maximum Gasteiger partial charge on any atom is 0.0823 e. The van der Waals surface area contributed by atoms with E-state index in [0.717, 1.165) is 12.1 Å². The summed E-state index contributed by atoms with van der Waals surface area (Å²) in [6, 6.07) is 14.6. The van der Waals surface area contributed by atoms with Crippen LogP contribution in [-0.4, -0.2) is 0 Å². The van der Waals surface area contributed by atoms with Crippen LogP contribution >= 0.6 is 23.2 Å². The molecule has 1 unspecified atom stereocenters. The van der Waals surface area contributed by atoms with Gasteiger partial charge in [-0.2, -0.15) is 0 Å². The third-order valence-corrected chi connectivity index (χ3v) is 4.44. The number of unbranched alkanes of at least 4 members (excludes halogenated alkanes) is 1. The Morgan fingerprint density at radius 3 is 2.43 bits per heavy atom. The number of nitrogens with one attached hydrogen (secondary N) is 1. The standard InChI is InChI=1S/C18H21Cl2N/c1-3-4-6-14-9-11-15(12-10-14)13(2)21-17-8-5-7-16(19)18(17)20/h5,7-13,21H,3-4,6H2,1-2H3. The van der Waals surface area contributed by atoms with Crippen molar-refractivity contribution >= 4 is 28.9 Å². The van der Waals surface area contributed by atoms with Gasteiger partial charge in [0.15, 0.2) is 0 Å². The average molecular weight is 322 g/mol. The molecule has 0 aliphatic heterocycles. The van der Waals surface area contributed by atoms with Gasteiger partial charge in [-0.15, -0.1) is 0 Å². The van der Waals surface area contributed by atoms with Gasteiger partial charge in [-0.25, -0.2) is 0 Å². The molecular formula is C18H21Cl2N. The van der Waals surface area contributed by atoms with Gasteiger partial charge in [0.25, 0.3) is 0 Å². The highest BCUT2D eigenvalue weighted by molar-refractivity contribution is 6.43. The Kier molecular flexibility index (Phi) is 5.96. The molecule has 1 N–H and O–H groups in total. The molecule has 0 bridgehead atoms. The van der Waals surface area contributed by atoms with E-state index in [1.165, 1.54) is 24.0 Å². The van der Waals surface area contributed by atoms with Crippen LogP contribution in [0, 0.1) is 0 Å². The van der Waals surface area contributed by atoms with E-state index in [2.05, 4.69) is 43.4 Å². The Morgan fingerprint density at radius 2 is 1.76 bits per heavy atom. The average Bonchev–Trinajstić information content (AvgIpc) is 2.50. The van der Waals surface area contributed by atoms with Crippen molar-refractivity contribution in [1.82, 2.24) is 0 Å². The van der Waals surface area contributed by atoms with E-state index in [0.29, 0.717) is 10.0 Å². The van der Waals surface area contributed by atoms with Gasteiger partial charge in [0.1, 0.15) is 0 Å². The smallest absolute Gasteiger partial charge is 0.0823 e. The molecule has 21 heavy (non-hydrogen) atoms. The zero-order valence-corrected chi connectivity index (χ0v) is 14.0. The minimum Gasteiger partial charge on any atom is -0.377 e. The Balaban J connectivity index is 2.06. The summed E-state index contributed by atoms with van der Waals surface area (Å²) in [4.78, 5) is 0. The third-order valence-electron chi connectivity index (χ3n) is 3.62. The molecule has 2 aromatic rings. The highest BCUT2D eigenvalue weighted by atomic mass is 35.5. The summed E-state index contributed by atoms with van der Waals surface area (Å²) in [5, 5.41) is 4.56. The van der Waals surface area contributed by atoms with Gasteiger partial charge in [0.05, 0.1) is 15.7 Å². The molecule has 2 aromatic carbocycles. The summed E-state index contributed by atoms with van der Waals surface area (Å²) in [6.45, 7) is 4.34.